The Morgan fingerprint density at radius 3 is 2.71 bits per heavy atom. The van der Waals surface area contributed by atoms with Crippen molar-refractivity contribution in [3.63, 3.8) is 0 Å². The van der Waals surface area contributed by atoms with E-state index in [2.05, 4.69) is 23.6 Å². The molecule has 1 rings (SSSR count). The molecule has 0 aliphatic heterocycles. The molecule has 3 heteroatoms. The number of hydrogen-bond donors (Lipinski definition) is 1. The number of ether oxygens (including phenoxy) is 1. The highest BCUT2D eigenvalue weighted by molar-refractivity contribution is 5.74. The quantitative estimate of drug-likeness (QED) is 0.585. The van der Waals surface area contributed by atoms with E-state index in [0.717, 1.165) is 16.9 Å². The van der Waals surface area contributed by atoms with E-state index >= 15 is 0 Å². The van der Waals surface area contributed by atoms with Crippen molar-refractivity contribution < 1.29 is 4.74 Å². The largest absolute Gasteiger partial charge is 0.497 e. The minimum absolute atomic E-state index is 0.588. The molecule has 0 bridgehead atoms. The molecule has 0 radical (unpaired) electrons. The zero-order valence-corrected chi connectivity index (χ0v) is 8.50. The van der Waals surface area contributed by atoms with Gasteiger partial charge < -0.3 is 10.1 Å². The average molecular weight is 190 g/mol. The lowest BCUT2D eigenvalue weighted by Gasteiger charge is -2.09. The van der Waals surface area contributed by atoms with Crippen LogP contribution in [-0.4, -0.2) is 20.9 Å². The number of aliphatic imine (C=N–C) groups is 1. The third-order valence-electron chi connectivity index (χ3n) is 2.00. The van der Waals surface area contributed by atoms with Gasteiger partial charge in [-0.3, -0.25) is 4.99 Å². The number of methoxy groups -OCH3 is 1. The van der Waals surface area contributed by atoms with Crippen LogP contribution >= 0.6 is 0 Å². The maximum atomic E-state index is 5.07. The summed E-state index contributed by atoms with van der Waals surface area (Å²) >= 11 is 0. The fourth-order valence-corrected chi connectivity index (χ4v) is 1.16. The fourth-order valence-electron chi connectivity index (χ4n) is 1.16. The summed E-state index contributed by atoms with van der Waals surface area (Å²) in [6.07, 6.45) is 0. The standard InChI is InChI=1S/C11H14N2O/c1-8(14-4)10-7-9(12-2)5-6-11(10)13-3/h5-7,12H,1,3H2,2,4H3. The molecule has 1 aromatic rings. The number of benzene rings is 1. The molecule has 74 valence electrons. The molecule has 0 aliphatic carbocycles. The molecule has 14 heavy (non-hydrogen) atoms. The number of nitrogens with zero attached hydrogens (tertiary/aromatic N) is 1. The lowest BCUT2D eigenvalue weighted by molar-refractivity contribution is 0.371. The summed E-state index contributed by atoms with van der Waals surface area (Å²) in [6.45, 7) is 7.29. The zero-order chi connectivity index (χ0) is 10.6. The number of hydrogen-bond acceptors (Lipinski definition) is 3. The Hall–Kier alpha value is -1.77. The first-order chi connectivity index (χ1) is 6.72. The van der Waals surface area contributed by atoms with Crippen LogP contribution in [0.3, 0.4) is 0 Å². The first-order valence-corrected chi connectivity index (χ1v) is 4.24. The first kappa shape index (κ1) is 10.3. The number of nitrogens with one attached hydrogen (secondary N) is 1. The van der Waals surface area contributed by atoms with E-state index in [1.54, 1.807) is 7.11 Å². The van der Waals surface area contributed by atoms with Gasteiger partial charge in [0.15, 0.2) is 0 Å². The molecule has 0 unspecified atom stereocenters. The van der Waals surface area contributed by atoms with E-state index in [1.807, 2.05) is 25.2 Å². The van der Waals surface area contributed by atoms with Crippen molar-refractivity contribution in [1.29, 1.82) is 0 Å². The van der Waals surface area contributed by atoms with Gasteiger partial charge in [-0.2, -0.15) is 0 Å². The van der Waals surface area contributed by atoms with Gasteiger partial charge in [0.1, 0.15) is 5.76 Å². The van der Waals surface area contributed by atoms with Crippen LogP contribution < -0.4 is 5.32 Å². The summed E-state index contributed by atoms with van der Waals surface area (Å²) in [4.78, 5) is 3.90. The van der Waals surface area contributed by atoms with Gasteiger partial charge in [0.25, 0.3) is 0 Å². The van der Waals surface area contributed by atoms with Crippen LogP contribution in [0.4, 0.5) is 11.4 Å². The van der Waals surface area contributed by atoms with E-state index in [1.165, 1.54) is 0 Å². The van der Waals surface area contributed by atoms with Crippen LogP contribution in [0.1, 0.15) is 5.56 Å². The number of rotatable bonds is 4. The predicted octanol–water partition coefficient (Wildman–Crippen LogP) is 2.68. The van der Waals surface area contributed by atoms with Gasteiger partial charge in [0, 0.05) is 18.3 Å². The molecular weight excluding hydrogens is 176 g/mol. The Morgan fingerprint density at radius 2 is 2.21 bits per heavy atom. The fraction of sp³-hybridized carbons (Fsp3) is 0.182. The topological polar surface area (TPSA) is 33.6 Å². The van der Waals surface area contributed by atoms with Crippen LogP contribution in [-0.2, 0) is 4.74 Å². The highest BCUT2D eigenvalue weighted by atomic mass is 16.5. The van der Waals surface area contributed by atoms with Crippen molar-refractivity contribution in [2.75, 3.05) is 19.5 Å². The molecule has 0 amide bonds. The highest BCUT2D eigenvalue weighted by Crippen LogP contribution is 2.28. The lowest BCUT2D eigenvalue weighted by Crippen LogP contribution is -1.91. The first-order valence-electron chi connectivity index (χ1n) is 4.24. The van der Waals surface area contributed by atoms with Crippen LogP contribution in [0.5, 0.6) is 0 Å². The minimum Gasteiger partial charge on any atom is -0.497 e. The molecule has 0 saturated heterocycles. The molecule has 1 N–H and O–H groups in total. The van der Waals surface area contributed by atoms with Gasteiger partial charge in [0.05, 0.1) is 12.8 Å². The molecular formula is C11H14N2O. The van der Waals surface area contributed by atoms with Crippen LogP contribution in [0.15, 0.2) is 29.8 Å². The van der Waals surface area contributed by atoms with Gasteiger partial charge in [-0.05, 0) is 24.9 Å². The molecule has 0 fully saturated rings. The molecule has 0 atom stereocenters. The van der Waals surface area contributed by atoms with E-state index in [4.69, 9.17) is 4.74 Å². The van der Waals surface area contributed by atoms with Crippen molar-refractivity contribution in [2.45, 2.75) is 0 Å². The predicted molar refractivity (Wildman–Crippen MR) is 61.2 cm³/mol. The Balaban J connectivity index is 3.21. The monoisotopic (exact) mass is 190 g/mol. The molecule has 0 spiro atoms. The van der Waals surface area contributed by atoms with Crippen molar-refractivity contribution in [3.8, 4) is 0 Å². The molecule has 0 saturated carbocycles. The zero-order valence-electron chi connectivity index (χ0n) is 8.50. The van der Waals surface area contributed by atoms with E-state index in [0.29, 0.717) is 5.76 Å². The summed E-state index contributed by atoms with van der Waals surface area (Å²) in [7, 11) is 3.44. The summed E-state index contributed by atoms with van der Waals surface area (Å²) in [6, 6.07) is 5.73. The highest BCUT2D eigenvalue weighted by Gasteiger charge is 2.05. The van der Waals surface area contributed by atoms with Crippen molar-refractivity contribution >= 4 is 23.9 Å². The molecule has 3 nitrogen and oxygen atoms in total. The van der Waals surface area contributed by atoms with Gasteiger partial charge in [0.2, 0.25) is 0 Å². The molecule has 1 aromatic carbocycles. The molecule has 0 heterocycles. The second-order valence-corrected chi connectivity index (χ2v) is 2.77. The Morgan fingerprint density at radius 1 is 1.50 bits per heavy atom. The Labute approximate surface area is 84.1 Å². The average Bonchev–Trinajstić information content (AvgIpc) is 2.27. The number of anilines is 1. The second kappa shape index (κ2) is 4.46. The van der Waals surface area contributed by atoms with Crippen LogP contribution in [0.25, 0.3) is 5.76 Å². The maximum Gasteiger partial charge on any atom is 0.121 e. The van der Waals surface area contributed by atoms with Gasteiger partial charge in [-0.15, -0.1) is 0 Å². The van der Waals surface area contributed by atoms with Crippen molar-refractivity contribution in [2.24, 2.45) is 4.99 Å². The summed E-state index contributed by atoms with van der Waals surface area (Å²) in [5, 5.41) is 3.04. The summed E-state index contributed by atoms with van der Waals surface area (Å²) in [5.41, 5.74) is 2.62. The van der Waals surface area contributed by atoms with Gasteiger partial charge in [-0.1, -0.05) is 6.58 Å². The Bertz CT molecular complexity index is 358. The normalized spacial score (nSPS) is 9.29. The minimum atomic E-state index is 0.588. The third kappa shape index (κ3) is 1.93. The maximum absolute atomic E-state index is 5.07. The van der Waals surface area contributed by atoms with Crippen LogP contribution in [0.2, 0.25) is 0 Å². The van der Waals surface area contributed by atoms with Crippen molar-refractivity contribution in [3.05, 3.63) is 30.3 Å². The third-order valence-corrected chi connectivity index (χ3v) is 2.00. The molecule has 0 aromatic heterocycles. The Kier molecular flexibility index (Phi) is 3.29. The summed E-state index contributed by atoms with van der Waals surface area (Å²) < 4.78 is 5.07. The van der Waals surface area contributed by atoms with Crippen LogP contribution in [0, 0.1) is 0 Å². The van der Waals surface area contributed by atoms with Crippen molar-refractivity contribution in [1.82, 2.24) is 0 Å². The van der Waals surface area contributed by atoms with E-state index in [9.17, 15) is 0 Å². The smallest absolute Gasteiger partial charge is 0.121 e. The SMILES string of the molecule is C=Nc1ccc(NC)cc1C(=C)OC. The lowest BCUT2D eigenvalue weighted by atomic mass is 10.1. The van der Waals surface area contributed by atoms with E-state index < -0.39 is 0 Å². The van der Waals surface area contributed by atoms with Gasteiger partial charge >= 0.3 is 0 Å². The molecule has 0 aliphatic rings. The summed E-state index contributed by atoms with van der Waals surface area (Å²) in [5.74, 6) is 0.588. The van der Waals surface area contributed by atoms with Gasteiger partial charge in [-0.25, -0.2) is 0 Å². The van der Waals surface area contributed by atoms with E-state index in [-0.39, 0.29) is 0 Å². The second-order valence-electron chi connectivity index (χ2n) is 2.77.